The van der Waals surface area contributed by atoms with Crippen LogP contribution >= 0.6 is 58.3 Å². The number of nitrogen functional groups attached to an aromatic ring is 1. The molecule has 0 amide bonds. The highest BCUT2D eigenvalue weighted by Gasteiger charge is 2.04. The van der Waals surface area contributed by atoms with Crippen molar-refractivity contribution in [1.82, 2.24) is 0 Å². The van der Waals surface area contributed by atoms with Crippen molar-refractivity contribution in [1.29, 1.82) is 0 Å². The molecule has 1 nitrogen and oxygen atoms in total. The van der Waals surface area contributed by atoms with Gasteiger partial charge in [0.15, 0.2) is 0 Å². The highest BCUT2D eigenvalue weighted by Crippen LogP contribution is 2.32. The van der Waals surface area contributed by atoms with E-state index in [1.54, 1.807) is 35.7 Å². The summed E-state index contributed by atoms with van der Waals surface area (Å²) in [6.45, 7) is 0. The van der Waals surface area contributed by atoms with Crippen LogP contribution < -0.4 is 5.73 Å². The lowest BCUT2D eigenvalue weighted by molar-refractivity contribution is 1.41. The Morgan fingerprint density at radius 3 is 2.05 bits per heavy atom. The molecule has 2 N–H and O–H groups in total. The van der Waals surface area contributed by atoms with Crippen LogP contribution in [0.1, 0.15) is 0 Å². The summed E-state index contributed by atoms with van der Waals surface area (Å²) in [4.78, 5) is 2.01. The van der Waals surface area contributed by atoms with E-state index in [-0.39, 0.29) is 0 Å². The van der Waals surface area contributed by atoms with Crippen LogP contribution in [0.5, 0.6) is 0 Å². The molecule has 2 aromatic carbocycles. The molecule has 2 rings (SSSR count). The van der Waals surface area contributed by atoms with Gasteiger partial charge in [0.1, 0.15) is 0 Å². The summed E-state index contributed by atoms with van der Waals surface area (Å²) in [5.41, 5.74) is 6.66. The van der Waals surface area contributed by atoms with E-state index in [4.69, 9.17) is 40.5 Å². The lowest BCUT2D eigenvalue weighted by atomic mass is 10.3. The molecular weight excluding hydrogens is 353 g/mol. The molecule has 0 unspecified atom stereocenters. The highest BCUT2D eigenvalue weighted by atomic mass is 35.5. The van der Waals surface area contributed by atoms with E-state index in [0.29, 0.717) is 10.0 Å². The summed E-state index contributed by atoms with van der Waals surface area (Å²) < 4.78 is 0. The van der Waals surface area contributed by atoms with Gasteiger partial charge < -0.3 is 5.73 Å². The molecule has 0 aliphatic heterocycles. The van der Waals surface area contributed by atoms with Crippen LogP contribution in [0.25, 0.3) is 0 Å². The van der Waals surface area contributed by atoms with Gasteiger partial charge in [0.2, 0.25) is 0 Å². The van der Waals surface area contributed by atoms with Gasteiger partial charge in [-0.05, 0) is 36.4 Å². The van der Waals surface area contributed by atoms with E-state index in [2.05, 4.69) is 0 Å². The first-order valence-corrected chi connectivity index (χ1v) is 8.92. The lowest BCUT2D eigenvalue weighted by Gasteiger charge is -2.07. The Labute approximate surface area is 142 Å². The Hall–Kier alpha value is -0.190. The van der Waals surface area contributed by atoms with Crippen molar-refractivity contribution in [3.8, 4) is 0 Å². The van der Waals surface area contributed by atoms with Crippen LogP contribution in [-0.2, 0) is 0 Å². The number of rotatable bonds is 5. The van der Waals surface area contributed by atoms with Gasteiger partial charge in [-0.15, -0.1) is 23.5 Å². The van der Waals surface area contributed by atoms with Gasteiger partial charge >= 0.3 is 0 Å². The Morgan fingerprint density at radius 1 is 0.800 bits per heavy atom. The standard InChI is InChI=1S/C14H12Cl3NS2/c15-9-1-3-11(17)13(7-9)19-5-6-20-14-8-10(16)2-4-12(14)18/h1-4,7-8H,5-6,18H2. The Bertz CT molecular complexity index is 551. The van der Waals surface area contributed by atoms with Crippen LogP contribution in [0.2, 0.25) is 15.1 Å². The van der Waals surface area contributed by atoms with Crippen LogP contribution in [0.4, 0.5) is 5.69 Å². The van der Waals surface area contributed by atoms with Gasteiger partial charge in [-0.25, -0.2) is 0 Å². The maximum atomic E-state index is 6.11. The Balaban J connectivity index is 1.87. The fraction of sp³-hybridized carbons (Fsp3) is 0.143. The van der Waals surface area contributed by atoms with E-state index >= 15 is 0 Å². The molecular formula is C14H12Cl3NS2. The zero-order valence-corrected chi connectivity index (χ0v) is 14.3. The first-order chi connectivity index (χ1) is 9.56. The highest BCUT2D eigenvalue weighted by molar-refractivity contribution is 8.03. The maximum Gasteiger partial charge on any atom is 0.0542 e. The fourth-order valence-electron chi connectivity index (χ4n) is 1.52. The summed E-state index contributed by atoms with van der Waals surface area (Å²) >= 11 is 21.4. The van der Waals surface area contributed by atoms with Crippen molar-refractivity contribution in [3.63, 3.8) is 0 Å². The van der Waals surface area contributed by atoms with Crippen LogP contribution in [-0.4, -0.2) is 11.5 Å². The second kappa shape index (κ2) is 7.71. The van der Waals surface area contributed by atoms with E-state index in [1.807, 2.05) is 24.3 Å². The summed E-state index contributed by atoms with van der Waals surface area (Å²) in [5.74, 6) is 1.83. The summed E-state index contributed by atoms with van der Waals surface area (Å²) in [6.07, 6.45) is 0. The van der Waals surface area contributed by atoms with Crippen molar-refractivity contribution in [2.45, 2.75) is 9.79 Å². The third kappa shape index (κ3) is 4.68. The molecule has 20 heavy (non-hydrogen) atoms. The fourth-order valence-corrected chi connectivity index (χ4v) is 4.25. The van der Waals surface area contributed by atoms with Gasteiger partial charge in [-0.3, -0.25) is 0 Å². The van der Waals surface area contributed by atoms with E-state index in [9.17, 15) is 0 Å². The first-order valence-electron chi connectivity index (χ1n) is 5.82. The molecule has 106 valence electrons. The number of hydrogen-bond donors (Lipinski definition) is 1. The Morgan fingerprint density at radius 2 is 1.35 bits per heavy atom. The second-order valence-corrected chi connectivity index (χ2v) is 7.51. The number of nitrogens with two attached hydrogens (primary N) is 1. The minimum Gasteiger partial charge on any atom is -0.398 e. The quantitative estimate of drug-likeness (QED) is 0.393. The molecule has 0 aromatic heterocycles. The van der Waals surface area contributed by atoms with Crippen LogP contribution in [0.3, 0.4) is 0 Å². The van der Waals surface area contributed by atoms with Gasteiger partial charge in [0.05, 0.1) is 5.02 Å². The molecule has 0 aliphatic rings. The maximum absolute atomic E-state index is 6.11. The summed E-state index contributed by atoms with van der Waals surface area (Å²) in [7, 11) is 0. The zero-order chi connectivity index (χ0) is 14.5. The molecule has 0 radical (unpaired) electrons. The van der Waals surface area contributed by atoms with Gasteiger partial charge in [-0.1, -0.05) is 34.8 Å². The van der Waals surface area contributed by atoms with Gasteiger partial charge in [0.25, 0.3) is 0 Å². The average Bonchev–Trinajstić information content (AvgIpc) is 2.42. The molecule has 0 fully saturated rings. The minimum atomic E-state index is 0.698. The topological polar surface area (TPSA) is 26.0 Å². The lowest BCUT2D eigenvalue weighted by Crippen LogP contribution is -1.90. The molecule has 0 atom stereocenters. The first kappa shape index (κ1) is 16.2. The van der Waals surface area contributed by atoms with Crippen molar-refractivity contribution in [3.05, 3.63) is 51.5 Å². The third-order valence-electron chi connectivity index (χ3n) is 2.47. The van der Waals surface area contributed by atoms with Gasteiger partial charge in [-0.2, -0.15) is 0 Å². The molecule has 6 heteroatoms. The van der Waals surface area contributed by atoms with Crippen molar-refractivity contribution < 1.29 is 0 Å². The largest absolute Gasteiger partial charge is 0.398 e. The van der Waals surface area contributed by atoms with E-state index < -0.39 is 0 Å². The number of hydrogen-bond acceptors (Lipinski definition) is 3. The van der Waals surface area contributed by atoms with Crippen LogP contribution in [0, 0.1) is 0 Å². The normalized spacial score (nSPS) is 10.8. The molecule has 0 aliphatic carbocycles. The molecule has 0 spiro atoms. The molecule has 0 saturated heterocycles. The smallest absolute Gasteiger partial charge is 0.0542 e. The van der Waals surface area contributed by atoms with Crippen molar-refractivity contribution in [2.75, 3.05) is 17.2 Å². The van der Waals surface area contributed by atoms with Crippen LogP contribution in [0.15, 0.2) is 46.2 Å². The Kier molecular flexibility index (Phi) is 6.24. The van der Waals surface area contributed by atoms with Gasteiger partial charge in [0, 0.05) is 37.0 Å². The van der Waals surface area contributed by atoms with Crippen molar-refractivity contribution in [2.24, 2.45) is 0 Å². The number of halogens is 3. The van der Waals surface area contributed by atoms with Crippen molar-refractivity contribution >= 4 is 64.0 Å². The SMILES string of the molecule is Nc1ccc(Cl)cc1SCCSc1cc(Cl)ccc1Cl. The number of thioether (sulfide) groups is 2. The summed E-state index contributed by atoms with van der Waals surface area (Å²) in [5, 5.41) is 2.13. The molecule has 0 heterocycles. The minimum absolute atomic E-state index is 0.698. The molecule has 0 bridgehead atoms. The van der Waals surface area contributed by atoms with E-state index in [0.717, 1.165) is 32.0 Å². The predicted molar refractivity (Wildman–Crippen MR) is 93.8 cm³/mol. The average molecular weight is 365 g/mol. The summed E-state index contributed by atoms with van der Waals surface area (Å²) in [6, 6.07) is 11.0. The second-order valence-electron chi connectivity index (χ2n) is 3.95. The number of benzene rings is 2. The third-order valence-corrected chi connectivity index (χ3v) is 5.77. The van der Waals surface area contributed by atoms with E-state index in [1.165, 1.54) is 0 Å². The molecule has 2 aromatic rings. The zero-order valence-electron chi connectivity index (χ0n) is 10.4. The molecule has 0 saturated carbocycles. The number of anilines is 1. The monoisotopic (exact) mass is 363 g/mol. The predicted octanol–water partition coefficient (Wildman–Crippen LogP) is 6.11.